The molecule has 2 aromatic rings. The van der Waals surface area contributed by atoms with Gasteiger partial charge >= 0.3 is 6.18 Å². The molecule has 2 atom stereocenters. The molecule has 1 aromatic carbocycles. The Kier molecular flexibility index (Phi) is 4.55. The smallest absolute Gasteiger partial charge is 0.416 e. The first kappa shape index (κ1) is 17.5. The van der Waals surface area contributed by atoms with Crippen molar-refractivity contribution in [3.63, 3.8) is 0 Å². The largest absolute Gasteiger partial charge is 0.444 e. The molecule has 0 radical (unpaired) electrons. The number of morpholine rings is 1. The van der Waals surface area contributed by atoms with E-state index in [1.54, 1.807) is 4.90 Å². The first-order valence-electron chi connectivity index (χ1n) is 7.82. The van der Waals surface area contributed by atoms with E-state index in [-0.39, 0.29) is 29.7 Å². The molecule has 134 valence electrons. The number of halogens is 3. The maximum Gasteiger partial charge on any atom is 0.416 e. The van der Waals surface area contributed by atoms with Crippen molar-refractivity contribution in [3.05, 3.63) is 41.8 Å². The van der Waals surface area contributed by atoms with Crippen LogP contribution in [-0.2, 0) is 10.9 Å². The number of hydrogen-bond acceptors (Lipinski definition) is 4. The molecule has 1 aromatic heterocycles. The molecule has 25 heavy (non-hydrogen) atoms. The minimum Gasteiger partial charge on any atom is -0.444 e. The third-order valence-electron chi connectivity index (χ3n) is 3.89. The van der Waals surface area contributed by atoms with Gasteiger partial charge in [0.2, 0.25) is 5.89 Å². The molecule has 3 rings (SSSR count). The van der Waals surface area contributed by atoms with Crippen molar-refractivity contribution >= 4 is 5.91 Å². The highest BCUT2D eigenvalue weighted by Gasteiger charge is 2.31. The van der Waals surface area contributed by atoms with E-state index in [0.29, 0.717) is 18.7 Å². The Hall–Kier alpha value is -2.35. The number of amides is 1. The monoisotopic (exact) mass is 354 g/mol. The highest BCUT2D eigenvalue weighted by molar-refractivity contribution is 5.92. The normalized spacial score (nSPS) is 21.4. The topological polar surface area (TPSA) is 55.6 Å². The number of alkyl halides is 3. The van der Waals surface area contributed by atoms with E-state index >= 15 is 0 Å². The second-order valence-corrected chi connectivity index (χ2v) is 6.08. The summed E-state index contributed by atoms with van der Waals surface area (Å²) in [6, 6.07) is 4.43. The second-order valence-electron chi connectivity index (χ2n) is 6.08. The van der Waals surface area contributed by atoms with Crippen molar-refractivity contribution in [3.8, 4) is 11.5 Å². The van der Waals surface area contributed by atoms with Crippen LogP contribution in [0.3, 0.4) is 0 Å². The molecule has 1 aliphatic heterocycles. The van der Waals surface area contributed by atoms with Crippen LogP contribution in [0.2, 0.25) is 0 Å². The minimum atomic E-state index is -4.40. The maximum absolute atomic E-state index is 12.6. The highest BCUT2D eigenvalue weighted by Crippen LogP contribution is 2.30. The van der Waals surface area contributed by atoms with Gasteiger partial charge in [-0.25, -0.2) is 4.98 Å². The van der Waals surface area contributed by atoms with Gasteiger partial charge in [-0.3, -0.25) is 4.79 Å². The van der Waals surface area contributed by atoms with Gasteiger partial charge in [0.25, 0.3) is 5.91 Å². The van der Waals surface area contributed by atoms with Gasteiger partial charge in [-0.05, 0) is 38.1 Å². The average Bonchev–Trinajstić information content (AvgIpc) is 3.02. The molecule has 1 aliphatic rings. The Morgan fingerprint density at radius 1 is 1.16 bits per heavy atom. The summed E-state index contributed by atoms with van der Waals surface area (Å²) < 4.78 is 48.7. The fraction of sp³-hybridized carbons (Fsp3) is 0.412. The van der Waals surface area contributed by atoms with Gasteiger partial charge < -0.3 is 14.1 Å². The molecule has 2 unspecified atom stereocenters. The summed E-state index contributed by atoms with van der Waals surface area (Å²) in [5.74, 6) is -0.185. The summed E-state index contributed by atoms with van der Waals surface area (Å²) in [6.07, 6.45) is -3.33. The minimum absolute atomic E-state index is 0.0750. The lowest BCUT2D eigenvalue weighted by Crippen LogP contribution is -2.48. The lowest BCUT2D eigenvalue weighted by Gasteiger charge is -2.34. The number of hydrogen-bond donors (Lipinski definition) is 0. The molecule has 0 aliphatic carbocycles. The third kappa shape index (κ3) is 3.84. The Bertz CT molecular complexity index is 745. The van der Waals surface area contributed by atoms with Gasteiger partial charge in [0.15, 0.2) is 5.69 Å². The van der Waals surface area contributed by atoms with Gasteiger partial charge in [-0.2, -0.15) is 13.2 Å². The maximum atomic E-state index is 12.6. The third-order valence-corrected chi connectivity index (χ3v) is 3.89. The molecule has 5 nitrogen and oxygen atoms in total. The molecule has 1 saturated heterocycles. The molecule has 1 amide bonds. The summed E-state index contributed by atoms with van der Waals surface area (Å²) >= 11 is 0. The van der Waals surface area contributed by atoms with Crippen LogP contribution in [0.1, 0.15) is 29.9 Å². The highest BCUT2D eigenvalue weighted by atomic mass is 19.4. The van der Waals surface area contributed by atoms with E-state index in [4.69, 9.17) is 9.15 Å². The second kappa shape index (κ2) is 6.51. The Morgan fingerprint density at radius 3 is 2.32 bits per heavy atom. The van der Waals surface area contributed by atoms with Gasteiger partial charge in [-0.15, -0.1) is 0 Å². The summed E-state index contributed by atoms with van der Waals surface area (Å²) in [5.41, 5.74) is -0.262. The fourth-order valence-corrected chi connectivity index (χ4v) is 2.81. The lowest BCUT2D eigenvalue weighted by molar-refractivity contribution is -0.137. The van der Waals surface area contributed by atoms with Crippen molar-refractivity contribution in [2.75, 3.05) is 13.1 Å². The standard InChI is InChI=1S/C17H17F3N2O3/c1-10-7-22(8-11(2)25-10)16(23)14-9-24-15(21-14)12-3-5-13(6-4-12)17(18,19)20/h3-6,9-11H,7-8H2,1-2H3. The van der Waals surface area contributed by atoms with Crippen LogP contribution in [-0.4, -0.2) is 41.1 Å². The Labute approximate surface area is 142 Å². The predicted octanol–water partition coefficient (Wildman–Crippen LogP) is 3.61. The molecule has 8 heteroatoms. The number of aromatic nitrogens is 1. The molecule has 0 N–H and O–H groups in total. The first-order valence-corrected chi connectivity index (χ1v) is 7.82. The quantitative estimate of drug-likeness (QED) is 0.827. The fourth-order valence-electron chi connectivity index (χ4n) is 2.81. The van der Waals surface area contributed by atoms with Gasteiger partial charge in [0.1, 0.15) is 6.26 Å². The molecule has 0 bridgehead atoms. The molecular formula is C17H17F3N2O3. The van der Waals surface area contributed by atoms with Crippen LogP contribution < -0.4 is 0 Å². The van der Waals surface area contributed by atoms with Gasteiger partial charge in [0.05, 0.1) is 17.8 Å². The first-order chi connectivity index (χ1) is 11.7. The average molecular weight is 354 g/mol. The number of oxazole rings is 1. The van der Waals surface area contributed by atoms with Crippen molar-refractivity contribution in [2.24, 2.45) is 0 Å². The lowest BCUT2D eigenvalue weighted by atomic mass is 10.1. The summed E-state index contributed by atoms with van der Waals surface area (Å²) in [7, 11) is 0. The summed E-state index contributed by atoms with van der Waals surface area (Å²) in [5, 5.41) is 0. The van der Waals surface area contributed by atoms with Crippen molar-refractivity contribution in [2.45, 2.75) is 32.2 Å². The van der Waals surface area contributed by atoms with Crippen LogP contribution in [0.25, 0.3) is 11.5 Å². The summed E-state index contributed by atoms with van der Waals surface area (Å²) in [4.78, 5) is 18.3. The zero-order valence-corrected chi connectivity index (χ0v) is 13.7. The molecule has 1 fully saturated rings. The van der Waals surface area contributed by atoms with E-state index in [2.05, 4.69) is 4.98 Å². The van der Waals surface area contributed by atoms with Crippen molar-refractivity contribution < 1.29 is 27.1 Å². The van der Waals surface area contributed by atoms with Crippen molar-refractivity contribution in [1.82, 2.24) is 9.88 Å². The van der Waals surface area contributed by atoms with Gasteiger partial charge in [-0.1, -0.05) is 0 Å². The van der Waals surface area contributed by atoms with Crippen LogP contribution >= 0.6 is 0 Å². The zero-order valence-electron chi connectivity index (χ0n) is 13.7. The number of rotatable bonds is 2. The summed E-state index contributed by atoms with van der Waals surface area (Å²) in [6.45, 7) is 4.66. The number of ether oxygens (including phenoxy) is 1. The van der Waals surface area contributed by atoms with E-state index in [1.807, 2.05) is 13.8 Å². The van der Waals surface area contributed by atoms with E-state index in [1.165, 1.54) is 18.4 Å². The molecular weight excluding hydrogens is 337 g/mol. The SMILES string of the molecule is CC1CN(C(=O)c2coc(-c3ccc(C(F)(F)F)cc3)n2)CC(C)O1. The zero-order chi connectivity index (χ0) is 18.2. The molecule has 2 heterocycles. The van der Waals surface area contributed by atoms with E-state index in [9.17, 15) is 18.0 Å². The Morgan fingerprint density at radius 2 is 1.76 bits per heavy atom. The van der Waals surface area contributed by atoms with Crippen LogP contribution in [0.5, 0.6) is 0 Å². The van der Waals surface area contributed by atoms with E-state index in [0.717, 1.165) is 12.1 Å². The van der Waals surface area contributed by atoms with E-state index < -0.39 is 11.7 Å². The van der Waals surface area contributed by atoms with Crippen LogP contribution in [0.4, 0.5) is 13.2 Å². The number of carbonyl (C=O) groups excluding carboxylic acids is 1. The van der Waals surface area contributed by atoms with Gasteiger partial charge in [0, 0.05) is 18.7 Å². The van der Waals surface area contributed by atoms with Crippen LogP contribution in [0, 0.1) is 0 Å². The molecule has 0 saturated carbocycles. The predicted molar refractivity (Wildman–Crippen MR) is 82.9 cm³/mol. The van der Waals surface area contributed by atoms with Crippen molar-refractivity contribution in [1.29, 1.82) is 0 Å². The van der Waals surface area contributed by atoms with Crippen LogP contribution in [0.15, 0.2) is 34.9 Å². The number of nitrogens with zero attached hydrogens (tertiary/aromatic N) is 2. The molecule has 0 spiro atoms. The number of carbonyl (C=O) groups is 1. The number of benzene rings is 1. The Balaban J connectivity index is 1.77.